The molecule has 146 valence electrons. The Hall–Kier alpha value is -3.75. The molecule has 0 fully saturated rings. The second-order valence-corrected chi connectivity index (χ2v) is 7.00. The smallest absolute Gasteiger partial charge is 0.241 e. The van der Waals surface area contributed by atoms with Gasteiger partial charge in [-0.1, -0.05) is 0 Å². The van der Waals surface area contributed by atoms with Crippen LogP contribution in [0.15, 0.2) is 36.9 Å². The standard InChI is InChI=1S/C20H20N8O/c1-12-7-15(26(3)25-12)10-27-13(2)24-19-17(27)8-14(9-21-19)16-5-6-28-18(16)20(29-4)22-11-23-28/h5-9,11H,10H2,1-4H3. The third kappa shape index (κ3) is 2.74. The number of imidazole rings is 1. The molecular weight excluding hydrogens is 368 g/mol. The van der Waals surface area contributed by atoms with Crippen molar-refractivity contribution in [3.63, 3.8) is 0 Å². The van der Waals surface area contributed by atoms with Crippen LogP contribution in [0.4, 0.5) is 0 Å². The van der Waals surface area contributed by atoms with Crippen LogP contribution in [0.25, 0.3) is 27.8 Å². The van der Waals surface area contributed by atoms with Crippen LogP contribution in [0.2, 0.25) is 0 Å². The van der Waals surface area contributed by atoms with E-state index in [4.69, 9.17) is 4.74 Å². The van der Waals surface area contributed by atoms with Gasteiger partial charge in [0.05, 0.1) is 30.6 Å². The van der Waals surface area contributed by atoms with E-state index in [0.717, 1.165) is 45.0 Å². The Kier molecular flexibility index (Phi) is 3.83. The predicted molar refractivity (Wildman–Crippen MR) is 108 cm³/mol. The van der Waals surface area contributed by atoms with Crippen LogP contribution in [0.5, 0.6) is 5.88 Å². The summed E-state index contributed by atoms with van der Waals surface area (Å²) in [4.78, 5) is 13.5. The minimum absolute atomic E-state index is 0.523. The number of nitrogens with zero attached hydrogens (tertiary/aromatic N) is 8. The molecule has 0 aliphatic heterocycles. The molecule has 0 saturated heterocycles. The van der Waals surface area contributed by atoms with Gasteiger partial charge in [0, 0.05) is 30.6 Å². The van der Waals surface area contributed by atoms with Gasteiger partial charge in [0.2, 0.25) is 5.88 Å². The van der Waals surface area contributed by atoms with Gasteiger partial charge in [-0.2, -0.15) is 15.2 Å². The molecule has 5 aromatic rings. The van der Waals surface area contributed by atoms with Crippen molar-refractivity contribution in [1.82, 2.24) is 38.9 Å². The van der Waals surface area contributed by atoms with E-state index in [9.17, 15) is 0 Å². The van der Waals surface area contributed by atoms with E-state index in [1.54, 1.807) is 11.6 Å². The van der Waals surface area contributed by atoms with E-state index < -0.39 is 0 Å². The Bertz CT molecular complexity index is 1360. The Labute approximate surface area is 166 Å². The average molecular weight is 388 g/mol. The van der Waals surface area contributed by atoms with Crippen molar-refractivity contribution in [1.29, 1.82) is 0 Å². The zero-order chi connectivity index (χ0) is 20.1. The van der Waals surface area contributed by atoms with E-state index in [0.29, 0.717) is 12.4 Å². The summed E-state index contributed by atoms with van der Waals surface area (Å²) >= 11 is 0. The molecule has 0 spiro atoms. The van der Waals surface area contributed by atoms with Crippen molar-refractivity contribution in [2.45, 2.75) is 20.4 Å². The maximum atomic E-state index is 5.44. The zero-order valence-electron chi connectivity index (χ0n) is 16.7. The first-order chi connectivity index (χ1) is 14.0. The molecule has 0 amide bonds. The number of methoxy groups -OCH3 is 1. The minimum atomic E-state index is 0.523. The molecule has 0 atom stereocenters. The highest BCUT2D eigenvalue weighted by Crippen LogP contribution is 2.31. The van der Waals surface area contributed by atoms with Crippen LogP contribution in [0.3, 0.4) is 0 Å². The maximum absolute atomic E-state index is 5.44. The second-order valence-electron chi connectivity index (χ2n) is 7.00. The molecule has 0 saturated carbocycles. The van der Waals surface area contributed by atoms with Gasteiger partial charge in [-0.3, -0.25) is 4.68 Å². The number of rotatable bonds is 4. The number of hydrogen-bond donors (Lipinski definition) is 0. The molecular formula is C20H20N8O. The summed E-state index contributed by atoms with van der Waals surface area (Å²) in [7, 11) is 3.56. The molecule has 0 aliphatic rings. The third-order valence-corrected chi connectivity index (χ3v) is 5.14. The van der Waals surface area contributed by atoms with E-state index in [-0.39, 0.29) is 0 Å². The van der Waals surface area contributed by atoms with Crippen molar-refractivity contribution < 1.29 is 4.74 Å². The Balaban J connectivity index is 1.67. The highest BCUT2D eigenvalue weighted by molar-refractivity contribution is 5.87. The van der Waals surface area contributed by atoms with E-state index >= 15 is 0 Å². The fraction of sp³-hybridized carbons (Fsp3) is 0.250. The Morgan fingerprint density at radius 3 is 2.76 bits per heavy atom. The molecule has 0 aliphatic carbocycles. The highest BCUT2D eigenvalue weighted by Gasteiger charge is 2.16. The van der Waals surface area contributed by atoms with E-state index in [2.05, 4.69) is 41.8 Å². The minimum Gasteiger partial charge on any atom is -0.479 e. The molecule has 9 heteroatoms. The SMILES string of the molecule is COc1ncnn2ccc(-c3cnc4nc(C)n(Cc5cc(C)nn5C)c4c3)c12. The first kappa shape index (κ1) is 17.4. The quantitative estimate of drug-likeness (QED) is 0.470. The van der Waals surface area contributed by atoms with Gasteiger partial charge in [0.1, 0.15) is 17.7 Å². The van der Waals surface area contributed by atoms with Crippen molar-refractivity contribution >= 4 is 16.7 Å². The molecule has 5 rings (SSSR count). The number of hydrogen-bond acceptors (Lipinski definition) is 6. The summed E-state index contributed by atoms with van der Waals surface area (Å²) in [6, 6.07) is 6.19. The van der Waals surface area contributed by atoms with Crippen molar-refractivity contribution in [3.05, 3.63) is 54.1 Å². The first-order valence-electron chi connectivity index (χ1n) is 9.24. The first-order valence-corrected chi connectivity index (χ1v) is 9.24. The van der Waals surface area contributed by atoms with Gasteiger partial charge >= 0.3 is 0 Å². The summed E-state index contributed by atoms with van der Waals surface area (Å²) in [6.45, 7) is 4.67. The molecule has 0 radical (unpaired) electrons. The summed E-state index contributed by atoms with van der Waals surface area (Å²) in [5.41, 5.74) is 6.51. The summed E-state index contributed by atoms with van der Waals surface area (Å²) in [5.74, 6) is 1.43. The fourth-order valence-electron chi connectivity index (χ4n) is 3.75. The van der Waals surface area contributed by atoms with Gasteiger partial charge in [-0.15, -0.1) is 0 Å². The molecule has 5 heterocycles. The zero-order valence-corrected chi connectivity index (χ0v) is 16.7. The lowest BCUT2D eigenvalue weighted by Gasteiger charge is -2.08. The van der Waals surface area contributed by atoms with Crippen LogP contribution in [-0.4, -0.2) is 46.0 Å². The molecule has 0 unspecified atom stereocenters. The summed E-state index contributed by atoms with van der Waals surface area (Å²) < 4.78 is 11.3. The Morgan fingerprint density at radius 1 is 1.14 bits per heavy atom. The fourth-order valence-corrected chi connectivity index (χ4v) is 3.75. The molecule has 9 nitrogen and oxygen atoms in total. The van der Waals surface area contributed by atoms with Gasteiger partial charge in [0.25, 0.3) is 0 Å². The number of ether oxygens (including phenoxy) is 1. The summed E-state index contributed by atoms with van der Waals surface area (Å²) in [6.07, 6.45) is 5.19. The normalized spacial score (nSPS) is 11.6. The number of aryl methyl sites for hydroxylation is 3. The van der Waals surface area contributed by atoms with Crippen molar-refractivity contribution in [2.75, 3.05) is 7.11 Å². The molecule has 0 N–H and O–H groups in total. The lowest BCUT2D eigenvalue weighted by molar-refractivity contribution is 0.399. The predicted octanol–water partition coefficient (Wildman–Crippen LogP) is 2.55. The topological polar surface area (TPSA) is 87.9 Å². The lowest BCUT2D eigenvalue weighted by Crippen LogP contribution is -2.07. The number of aromatic nitrogens is 8. The third-order valence-electron chi connectivity index (χ3n) is 5.14. The van der Waals surface area contributed by atoms with E-state index in [1.807, 2.05) is 44.0 Å². The molecule has 29 heavy (non-hydrogen) atoms. The average Bonchev–Trinajstić information content (AvgIpc) is 3.37. The van der Waals surface area contributed by atoms with E-state index in [1.165, 1.54) is 6.33 Å². The van der Waals surface area contributed by atoms with Gasteiger partial charge < -0.3 is 9.30 Å². The van der Waals surface area contributed by atoms with Gasteiger partial charge in [0.15, 0.2) is 5.65 Å². The van der Waals surface area contributed by atoms with Crippen LogP contribution in [-0.2, 0) is 13.6 Å². The van der Waals surface area contributed by atoms with Crippen molar-refractivity contribution in [2.24, 2.45) is 7.05 Å². The number of fused-ring (bicyclic) bond motifs is 2. The number of pyridine rings is 1. The molecule has 5 aromatic heterocycles. The summed E-state index contributed by atoms with van der Waals surface area (Å²) in [5, 5.41) is 8.72. The van der Waals surface area contributed by atoms with Crippen LogP contribution >= 0.6 is 0 Å². The second kappa shape index (κ2) is 6.40. The lowest BCUT2D eigenvalue weighted by atomic mass is 10.1. The highest BCUT2D eigenvalue weighted by atomic mass is 16.5. The van der Waals surface area contributed by atoms with Gasteiger partial charge in [-0.05, 0) is 32.0 Å². The van der Waals surface area contributed by atoms with Crippen molar-refractivity contribution in [3.8, 4) is 17.0 Å². The van der Waals surface area contributed by atoms with Crippen LogP contribution in [0, 0.1) is 13.8 Å². The largest absolute Gasteiger partial charge is 0.479 e. The maximum Gasteiger partial charge on any atom is 0.241 e. The van der Waals surface area contributed by atoms with Gasteiger partial charge in [-0.25, -0.2) is 14.5 Å². The molecule has 0 bridgehead atoms. The Morgan fingerprint density at radius 2 is 2.00 bits per heavy atom. The molecule has 0 aromatic carbocycles. The van der Waals surface area contributed by atoms with Crippen LogP contribution < -0.4 is 4.74 Å². The monoisotopic (exact) mass is 388 g/mol. The van der Waals surface area contributed by atoms with Crippen LogP contribution in [0.1, 0.15) is 17.2 Å².